The molecule has 4 nitrogen and oxygen atoms in total. The van der Waals surface area contributed by atoms with E-state index >= 15 is 0 Å². The summed E-state index contributed by atoms with van der Waals surface area (Å²) in [5.74, 6) is -0.646. The molecule has 0 saturated carbocycles. The predicted molar refractivity (Wildman–Crippen MR) is 104 cm³/mol. The average molecular weight is 372 g/mol. The second-order valence-electron chi connectivity index (χ2n) is 6.89. The Balaban J connectivity index is 1.45. The molecule has 0 unspecified atom stereocenters. The van der Waals surface area contributed by atoms with E-state index in [1.807, 2.05) is 31.2 Å². The van der Waals surface area contributed by atoms with Crippen LogP contribution >= 0.6 is 11.3 Å². The van der Waals surface area contributed by atoms with Crippen molar-refractivity contribution in [3.63, 3.8) is 0 Å². The third kappa shape index (κ3) is 4.73. The van der Waals surface area contributed by atoms with Crippen LogP contribution in [0.3, 0.4) is 0 Å². The number of aryl methyl sites for hydroxylation is 3. The van der Waals surface area contributed by atoms with Crippen LogP contribution in [0.1, 0.15) is 52.4 Å². The second-order valence-corrected chi connectivity index (χ2v) is 8.03. The van der Waals surface area contributed by atoms with Gasteiger partial charge < -0.3 is 10.1 Å². The van der Waals surface area contributed by atoms with E-state index in [4.69, 9.17) is 4.74 Å². The summed E-state index contributed by atoms with van der Waals surface area (Å²) in [6.07, 6.45) is 4.19. The van der Waals surface area contributed by atoms with Crippen LogP contribution in [0.25, 0.3) is 0 Å². The maximum absolute atomic E-state index is 12.3. The maximum Gasteiger partial charge on any atom is 0.349 e. The zero-order valence-corrected chi connectivity index (χ0v) is 16.1. The lowest BCUT2D eigenvalue weighted by Gasteiger charge is -2.18. The summed E-state index contributed by atoms with van der Waals surface area (Å²) >= 11 is 1.50. The van der Waals surface area contributed by atoms with Gasteiger partial charge in [-0.25, -0.2) is 4.79 Å². The van der Waals surface area contributed by atoms with Gasteiger partial charge in [-0.1, -0.05) is 30.3 Å². The molecule has 0 bridgehead atoms. The zero-order chi connectivity index (χ0) is 18.5. The van der Waals surface area contributed by atoms with Crippen LogP contribution in [0.5, 0.6) is 0 Å². The minimum Gasteiger partial charge on any atom is -0.448 e. The average Bonchev–Trinajstić information content (AvgIpc) is 3.22. The molecule has 0 aliphatic heterocycles. The number of benzene rings is 1. The molecule has 1 heterocycles. The number of amides is 1. The van der Waals surface area contributed by atoms with E-state index in [0.717, 1.165) is 32.1 Å². The van der Waals surface area contributed by atoms with Gasteiger partial charge in [0.05, 0.1) is 0 Å². The van der Waals surface area contributed by atoms with E-state index in [9.17, 15) is 9.59 Å². The number of thiophene rings is 1. The largest absolute Gasteiger partial charge is 0.448 e. The van der Waals surface area contributed by atoms with E-state index in [-0.39, 0.29) is 11.9 Å². The Kier molecular flexibility index (Phi) is 6.09. The summed E-state index contributed by atoms with van der Waals surface area (Å²) in [6.45, 7) is 3.59. The first-order valence-corrected chi connectivity index (χ1v) is 10.0. The molecule has 1 aromatic heterocycles. The molecular weight excluding hydrogens is 346 g/mol. The maximum atomic E-state index is 12.3. The van der Waals surface area contributed by atoms with Gasteiger partial charge in [0.25, 0.3) is 5.91 Å². The number of rotatable bonds is 7. The first-order valence-electron chi connectivity index (χ1n) is 9.20. The van der Waals surface area contributed by atoms with Crippen molar-refractivity contribution in [1.29, 1.82) is 0 Å². The van der Waals surface area contributed by atoms with Gasteiger partial charge in [-0.15, -0.1) is 11.3 Å². The minimum absolute atomic E-state index is 0.0226. The van der Waals surface area contributed by atoms with Crippen LogP contribution in [0.15, 0.2) is 36.4 Å². The normalized spacial score (nSPS) is 15.2. The number of hydrogen-bond acceptors (Lipinski definition) is 4. The number of fused-ring (bicyclic) bond motifs is 1. The van der Waals surface area contributed by atoms with Gasteiger partial charge in [-0.05, 0) is 63.1 Å². The number of hydrogen-bond donors (Lipinski definition) is 1. The van der Waals surface area contributed by atoms with Gasteiger partial charge >= 0.3 is 5.97 Å². The zero-order valence-electron chi connectivity index (χ0n) is 15.3. The molecule has 0 fully saturated rings. The molecule has 0 radical (unpaired) electrons. The monoisotopic (exact) mass is 371 g/mol. The molecule has 1 aromatic carbocycles. The van der Waals surface area contributed by atoms with Crippen molar-refractivity contribution in [3.8, 4) is 0 Å². The number of nitrogens with one attached hydrogen (secondary N) is 1. The van der Waals surface area contributed by atoms with Gasteiger partial charge in [-0.2, -0.15) is 0 Å². The van der Waals surface area contributed by atoms with Crippen LogP contribution in [0, 0.1) is 0 Å². The SMILES string of the molecule is C[C@H](CCc1ccccc1)NC(=O)[C@H](C)OC(=O)c1cc2c(s1)CCC2. The van der Waals surface area contributed by atoms with Crippen LogP contribution in [-0.2, 0) is 28.8 Å². The summed E-state index contributed by atoms with van der Waals surface area (Å²) in [6, 6.07) is 12.1. The topological polar surface area (TPSA) is 55.4 Å². The number of carbonyl (C=O) groups excluding carboxylic acids is 2. The summed E-state index contributed by atoms with van der Waals surface area (Å²) in [5, 5.41) is 2.93. The summed E-state index contributed by atoms with van der Waals surface area (Å²) in [5.41, 5.74) is 2.51. The highest BCUT2D eigenvalue weighted by Gasteiger charge is 2.23. The highest BCUT2D eigenvalue weighted by Crippen LogP contribution is 2.31. The molecule has 0 saturated heterocycles. The Morgan fingerprint density at radius 3 is 2.69 bits per heavy atom. The lowest BCUT2D eigenvalue weighted by Crippen LogP contribution is -2.40. The quantitative estimate of drug-likeness (QED) is 0.751. The van der Waals surface area contributed by atoms with Crippen molar-refractivity contribution in [3.05, 3.63) is 57.3 Å². The molecule has 2 aromatic rings. The van der Waals surface area contributed by atoms with Crippen LogP contribution in [-0.4, -0.2) is 24.0 Å². The van der Waals surface area contributed by atoms with Crippen molar-refractivity contribution < 1.29 is 14.3 Å². The highest BCUT2D eigenvalue weighted by molar-refractivity contribution is 7.14. The smallest absolute Gasteiger partial charge is 0.349 e. The molecule has 1 aliphatic rings. The lowest BCUT2D eigenvalue weighted by atomic mass is 10.1. The third-order valence-corrected chi connectivity index (χ3v) is 5.92. The lowest BCUT2D eigenvalue weighted by molar-refractivity contribution is -0.129. The van der Waals surface area contributed by atoms with Crippen molar-refractivity contribution in [2.75, 3.05) is 0 Å². The molecule has 3 rings (SSSR count). The van der Waals surface area contributed by atoms with Crippen LogP contribution < -0.4 is 5.32 Å². The number of esters is 1. The molecule has 0 spiro atoms. The van der Waals surface area contributed by atoms with Crippen molar-refractivity contribution in [2.45, 2.75) is 58.1 Å². The Morgan fingerprint density at radius 1 is 1.19 bits per heavy atom. The van der Waals surface area contributed by atoms with E-state index < -0.39 is 12.1 Å². The van der Waals surface area contributed by atoms with Gasteiger partial charge in [-0.3, -0.25) is 4.79 Å². The van der Waals surface area contributed by atoms with E-state index in [1.165, 1.54) is 27.3 Å². The molecule has 5 heteroatoms. The first kappa shape index (κ1) is 18.6. The molecule has 1 N–H and O–H groups in total. The summed E-state index contributed by atoms with van der Waals surface area (Å²) < 4.78 is 5.36. The molecule has 2 atom stereocenters. The van der Waals surface area contributed by atoms with Crippen LogP contribution in [0.2, 0.25) is 0 Å². The molecule has 1 amide bonds. The minimum atomic E-state index is -0.793. The first-order chi connectivity index (χ1) is 12.5. The third-order valence-electron chi connectivity index (χ3n) is 4.70. The summed E-state index contributed by atoms with van der Waals surface area (Å²) in [7, 11) is 0. The Morgan fingerprint density at radius 2 is 1.96 bits per heavy atom. The van der Waals surface area contributed by atoms with Crippen molar-refractivity contribution in [2.24, 2.45) is 0 Å². The fraction of sp³-hybridized carbons (Fsp3) is 0.429. The van der Waals surface area contributed by atoms with E-state index in [2.05, 4.69) is 17.4 Å². The molecular formula is C21H25NO3S. The van der Waals surface area contributed by atoms with Gasteiger partial charge in [0.2, 0.25) is 0 Å². The molecule has 26 heavy (non-hydrogen) atoms. The second kappa shape index (κ2) is 8.49. The van der Waals surface area contributed by atoms with Gasteiger partial charge in [0, 0.05) is 10.9 Å². The number of carbonyl (C=O) groups is 2. The standard InChI is InChI=1S/C21H25NO3S/c1-14(11-12-16-7-4-3-5-8-16)22-20(23)15(2)25-21(24)19-13-17-9-6-10-18(17)26-19/h3-5,7-8,13-15H,6,9-12H2,1-2H3,(H,22,23)/t14-,15+/m1/s1. The van der Waals surface area contributed by atoms with Crippen LogP contribution in [0.4, 0.5) is 0 Å². The Bertz CT molecular complexity index is 747. The molecule has 138 valence electrons. The van der Waals surface area contributed by atoms with Gasteiger partial charge in [0.1, 0.15) is 4.88 Å². The fourth-order valence-electron chi connectivity index (χ4n) is 3.16. The van der Waals surface area contributed by atoms with Gasteiger partial charge in [0.15, 0.2) is 6.10 Å². The molecule has 1 aliphatic carbocycles. The van der Waals surface area contributed by atoms with Crippen molar-refractivity contribution >= 4 is 23.2 Å². The van der Waals surface area contributed by atoms with E-state index in [0.29, 0.717) is 4.88 Å². The predicted octanol–water partition coefficient (Wildman–Crippen LogP) is 3.92. The Hall–Kier alpha value is -2.14. The van der Waals surface area contributed by atoms with Crippen molar-refractivity contribution in [1.82, 2.24) is 5.32 Å². The highest BCUT2D eigenvalue weighted by atomic mass is 32.1. The number of ether oxygens (including phenoxy) is 1. The fourth-order valence-corrected chi connectivity index (χ4v) is 4.30. The Labute approximate surface area is 158 Å². The summed E-state index contributed by atoms with van der Waals surface area (Å²) in [4.78, 5) is 26.4. The van der Waals surface area contributed by atoms with E-state index in [1.54, 1.807) is 6.92 Å².